The van der Waals surface area contributed by atoms with Crippen LogP contribution in [0.4, 0.5) is 0 Å². The van der Waals surface area contributed by atoms with Gasteiger partial charge in [-0.25, -0.2) is 0 Å². The van der Waals surface area contributed by atoms with Crippen LogP contribution in [0.2, 0.25) is 0 Å². The summed E-state index contributed by atoms with van der Waals surface area (Å²) in [5, 5.41) is 2.96. The molecule has 0 aromatic heterocycles. The van der Waals surface area contributed by atoms with Crippen molar-refractivity contribution in [1.82, 2.24) is 10.2 Å². The van der Waals surface area contributed by atoms with Crippen LogP contribution in [0.1, 0.15) is 35.3 Å². The van der Waals surface area contributed by atoms with Crippen LogP contribution in [0.5, 0.6) is 5.75 Å². The van der Waals surface area contributed by atoms with Gasteiger partial charge in [-0.05, 0) is 58.3 Å². The summed E-state index contributed by atoms with van der Waals surface area (Å²) in [6, 6.07) is 13.7. The topological polar surface area (TPSA) is 41.6 Å². The zero-order valence-corrected chi connectivity index (χ0v) is 16.6. The highest BCUT2D eigenvalue weighted by Crippen LogP contribution is 2.22. The molecular weight excluding hydrogens is 380 g/mol. The third-order valence-electron chi connectivity index (χ3n) is 4.19. The molecule has 25 heavy (non-hydrogen) atoms. The predicted octanol–water partition coefficient (Wildman–Crippen LogP) is 4.23. The molecule has 134 valence electrons. The second-order valence-corrected chi connectivity index (χ2v) is 6.66. The lowest BCUT2D eigenvalue weighted by Gasteiger charge is -2.18. The van der Waals surface area contributed by atoms with Crippen LogP contribution in [0.3, 0.4) is 0 Å². The zero-order valence-electron chi connectivity index (χ0n) is 15.0. The van der Waals surface area contributed by atoms with Crippen LogP contribution in [0, 0.1) is 0 Å². The lowest BCUT2D eigenvalue weighted by Crippen LogP contribution is -2.23. The van der Waals surface area contributed by atoms with E-state index in [1.54, 1.807) is 13.2 Å². The van der Waals surface area contributed by atoms with Gasteiger partial charge in [0.05, 0.1) is 12.7 Å². The molecule has 2 rings (SSSR count). The maximum atomic E-state index is 12.4. The van der Waals surface area contributed by atoms with Crippen molar-refractivity contribution in [2.45, 2.75) is 26.9 Å². The first kappa shape index (κ1) is 19.5. The molecule has 2 aromatic rings. The van der Waals surface area contributed by atoms with Crippen LogP contribution in [0.25, 0.3) is 0 Å². The Morgan fingerprint density at radius 1 is 1.08 bits per heavy atom. The van der Waals surface area contributed by atoms with Crippen LogP contribution >= 0.6 is 15.9 Å². The van der Waals surface area contributed by atoms with E-state index < -0.39 is 0 Å². The van der Waals surface area contributed by atoms with Gasteiger partial charge in [0.25, 0.3) is 5.91 Å². The number of carbonyl (C=O) groups is 1. The molecule has 0 aliphatic carbocycles. The molecule has 1 amide bonds. The van der Waals surface area contributed by atoms with E-state index in [2.05, 4.69) is 64.3 Å². The van der Waals surface area contributed by atoms with Gasteiger partial charge in [0.15, 0.2) is 0 Å². The molecule has 0 aliphatic rings. The minimum atomic E-state index is -0.127. The first-order chi connectivity index (χ1) is 12.1. The van der Waals surface area contributed by atoms with Crippen LogP contribution < -0.4 is 10.1 Å². The second kappa shape index (κ2) is 9.59. The fraction of sp³-hybridized carbons (Fsp3) is 0.350. The Morgan fingerprint density at radius 3 is 2.32 bits per heavy atom. The first-order valence-electron chi connectivity index (χ1n) is 8.49. The quantitative estimate of drug-likeness (QED) is 0.715. The van der Waals surface area contributed by atoms with Gasteiger partial charge in [0, 0.05) is 17.6 Å². The van der Waals surface area contributed by atoms with E-state index in [9.17, 15) is 4.79 Å². The Morgan fingerprint density at radius 2 is 1.72 bits per heavy atom. The summed E-state index contributed by atoms with van der Waals surface area (Å²) in [5.74, 6) is 0.534. The highest BCUT2D eigenvalue weighted by atomic mass is 79.9. The van der Waals surface area contributed by atoms with Gasteiger partial charge in [-0.15, -0.1) is 0 Å². The van der Waals surface area contributed by atoms with E-state index in [1.165, 1.54) is 5.56 Å². The molecule has 0 atom stereocenters. The molecule has 0 aliphatic heterocycles. The number of methoxy groups -OCH3 is 1. The highest BCUT2D eigenvalue weighted by Gasteiger charge is 2.11. The summed E-state index contributed by atoms with van der Waals surface area (Å²) in [5.41, 5.74) is 2.93. The summed E-state index contributed by atoms with van der Waals surface area (Å²) >= 11 is 3.41. The van der Waals surface area contributed by atoms with Crippen molar-refractivity contribution < 1.29 is 9.53 Å². The van der Waals surface area contributed by atoms with E-state index in [0.29, 0.717) is 17.9 Å². The summed E-state index contributed by atoms with van der Waals surface area (Å²) in [6.45, 7) is 7.88. The Kier molecular flexibility index (Phi) is 7.47. The fourth-order valence-electron chi connectivity index (χ4n) is 2.55. The number of nitrogens with zero attached hydrogens (tertiary/aromatic N) is 1. The summed E-state index contributed by atoms with van der Waals surface area (Å²) < 4.78 is 5.93. The van der Waals surface area contributed by atoms with Gasteiger partial charge in [0.1, 0.15) is 5.75 Å². The van der Waals surface area contributed by atoms with E-state index in [0.717, 1.165) is 29.7 Å². The van der Waals surface area contributed by atoms with Gasteiger partial charge in [-0.2, -0.15) is 0 Å². The highest BCUT2D eigenvalue weighted by molar-refractivity contribution is 9.10. The average Bonchev–Trinajstić information content (AvgIpc) is 2.65. The lowest BCUT2D eigenvalue weighted by atomic mass is 10.1. The normalized spacial score (nSPS) is 10.8. The van der Waals surface area contributed by atoms with E-state index in [4.69, 9.17) is 4.74 Å². The number of hydrogen-bond donors (Lipinski definition) is 1. The molecule has 0 saturated carbocycles. The predicted molar refractivity (Wildman–Crippen MR) is 105 cm³/mol. The smallest absolute Gasteiger partial charge is 0.252 e. The number of nitrogens with one attached hydrogen (secondary N) is 1. The monoisotopic (exact) mass is 404 g/mol. The molecule has 5 heteroatoms. The summed E-state index contributed by atoms with van der Waals surface area (Å²) in [7, 11) is 1.59. The molecule has 0 radical (unpaired) electrons. The minimum absolute atomic E-state index is 0.127. The van der Waals surface area contributed by atoms with Gasteiger partial charge in [0.2, 0.25) is 0 Å². The second-order valence-electron chi connectivity index (χ2n) is 5.81. The number of rotatable bonds is 8. The van der Waals surface area contributed by atoms with Crippen molar-refractivity contribution in [3.05, 3.63) is 63.6 Å². The summed E-state index contributed by atoms with van der Waals surface area (Å²) in [4.78, 5) is 14.8. The SMILES string of the molecule is CCN(CC)Cc1ccc(CNC(=O)c2cc(OC)ccc2Br)cc1. The van der Waals surface area contributed by atoms with Crippen molar-refractivity contribution in [3.8, 4) is 5.75 Å². The maximum Gasteiger partial charge on any atom is 0.252 e. The van der Waals surface area contributed by atoms with Crippen LogP contribution in [-0.2, 0) is 13.1 Å². The molecular formula is C20H25BrN2O2. The first-order valence-corrected chi connectivity index (χ1v) is 9.28. The molecule has 2 aromatic carbocycles. The van der Waals surface area contributed by atoms with Crippen LogP contribution in [-0.4, -0.2) is 31.0 Å². The fourth-order valence-corrected chi connectivity index (χ4v) is 2.98. The average molecular weight is 405 g/mol. The Hall–Kier alpha value is -1.85. The number of ether oxygens (including phenoxy) is 1. The molecule has 4 nitrogen and oxygen atoms in total. The molecule has 0 spiro atoms. The van der Waals surface area contributed by atoms with Gasteiger partial charge in [-0.1, -0.05) is 38.1 Å². The van der Waals surface area contributed by atoms with E-state index in [1.807, 2.05) is 12.1 Å². The Balaban J connectivity index is 1.96. The van der Waals surface area contributed by atoms with Gasteiger partial charge < -0.3 is 10.1 Å². The number of amides is 1. The molecule has 0 fully saturated rings. The Labute approximate surface area is 158 Å². The summed E-state index contributed by atoms with van der Waals surface area (Å²) in [6.07, 6.45) is 0. The standard InChI is InChI=1S/C20H25BrN2O2/c1-4-23(5-2)14-16-8-6-15(7-9-16)13-22-20(24)18-12-17(25-3)10-11-19(18)21/h6-12H,4-5,13-14H2,1-3H3,(H,22,24). The number of hydrogen-bond acceptors (Lipinski definition) is 3. The van der Waals surface area contributed by atoms with Crippen molar-refractivity contribution in [2.24, 2.45) is 0 Å². The molecule has 0 unspecified atom stereocenters. The molecule has 0 heterocycles. The van der Waals surface area contributed by atoms with Gasteiger partial charge in [-0.3, -0.25) is 9.69 Å². The Bertz CT molecular complexity index is 697. The van der Waals surface area contributed by atoms with Crippen LogP contribution in [0.15, 0.2) is 46.9 Å². The zero-order chi connectivity index (χ0) is 18.2. The number of carbonyl (C=O) groups excluding carboxylic acids is 1. The number of benzene rings is 2. The van der Waals surface area contributed by atoms with Gasteiger partial charge >= 0.3 is 0 Å². The van der Waals surface area contributed by atoms with Crippen molar-refractivity contribution in [2.75, 3.05) is 20.2 Å². The molecule has 1 N–H and O–H groups in total. The lowest BCUT2D eigenvalue weighted by molar-refractivity contribution is 0.0950. The molecule has 0 saturated heterocycles. The van der Waals surface area contributed by atoms with Crippen molar-refractivity contribution in [3.63, 3.8) is 0 Å². The minimum Gasteiger partial charge on any atom is -0.497 e. The third-order valence-corrected chi connectivity index (χ3v) is 4.89. The third kappa shape index (κ3) is 5.58. The van der Waals surface area contributed by atoms with Crippen molar-refractivity contribution >= 4 is 21.8 Å². The number of halogens is 1. The van der Waals surface area contributed by atoms with E-state index in [-0.39, 0.29) is 5.91 Å². The maximum absolute atomic E-state index is 12.4. The van der Waals surface area contributed by atoms with Crippen molar-refractivity contribution in [1.29, 1.82) is 0 Å². The van der Waals surface area contributed by atoms with E-state index >= 15 is 0 Å². The largest absolute Gasteiger partial charge is 0.497 e. The molecule has 0 bridgehead atoms.